The summed E-state index contributed by atoms with van der Waals surface area (Å²) in [6.45, 7) is 1.94. The van der Waals surface area contributed by atoms with Crippen molar-refractivity contribution in [1.29, 1.82) is 0 Å². The fourth-order valence-electron chi connectivity index (χ4n) is 3.77. The SMILES string of the molecule is COc1ccc(C2=NN3[C@H](C2)c2ccccc2O[C@H]3c2ccc(C)o2)cc1. The Morgan fingerprint density at radius 3 is 2.59 bits per heavy atom. The number of rotatable bonds is 3. The smallest absolute Gasteiger partial charge is 0.246 e. The Labute approximate surface area is 157 Å². The van der Waals surface area contributed by atoms with Crippen LogP contribution in [0.5, 0.6) is 11.5 Å². The first-order valence-electron chi connectivity index (χ1n) is 9.05. The number of benzene rings is 2. The fourth-order valence-corrected chi connectivity index (χ4v) is 3.77. The number of ether oxygens (including phenoxy) is 2. The molecule has 5 nitrogen and oxygen atoms in total. The van der Waals surface area contributed by atoms with Gasteiger partial charge in [0.15, 0.2) is 5.76 Å². The number of furan rings is 1. The van der Waals surface area contributed by atoms with Gasteiger partial charge in [0.05, 0.1) is 18.9 Å². The van der Waals surface area contributed by atoms with Crippen LogP contribution in [0, 0.1) is 6.92 Å². The van der Waals surface area contributed by atoms with Gasteiger partial charge in [0, 0.05) is 12.0 Å². The van der Waals surface area contributed by atoms with E-state index in [2.05, 4.69) is 18.2 Å². The summed E-state index contributed by atoms with van der Waals surface area (Å²) in [4.78, 5) is 0. The summed E-state index contributed by atoms with van der Waals surface area (Å²) < 4.78 is 17.4. The summed E-state index contributed by atoms with van der Waals surface area (Å²) in [6, 6.07) is 20.3. The molecule has 3 aromatic rings. The molecule has 0 N–H and O–H groups in total. The minimum atomic E-state index is -0.366. The molecule has 5 heteroatoms. The zero-order valence-corrected chi connectivity index (χ0v) is 15.3. The van der Waals surface area contributed by atoms with Crippen molar-refractivity contribution in [2.45, 2.75) is 25.6 Å². The van der Waals surface area contributed by atoms with Crippen LogP contribution in [0.2, 0.25) is 0 Å². The number of aryl methyl sites for hydroxylation is 1. The minimum Gasteiger partial charge on any atom is -0.497 e. The van der Waals surface area contributed by atoms with Crippen LogP contribution in [-0.4, -0.2) is 17.8 Å². The summed E-state index contributed by atoms with van der Waals surface area (Å²) in [7, 11) is 1.67. The van der Waals surface area contributed by atoms with Crippen LogP contribution in [-0.2, 0) is 0 Å². The second-order valence-corrected chi connectivity index (χ2v) is 6.83. The first-order valence-corrected chi connectivity index (χ1v) is 9.05. The Morgan fingerprint density at radius 2 is 1.85 bits per heavy atom. The Balaban J connectivity index is 1.56. The van der Waals surface area contributed by atoms with Crippen LogP contribution in [0.4, 0.5) is 0 Å². The molecule has 3 heterocycles. The van der Waals surface area contributed by atoms with Gasteiger partial charge in [-0.3, -0.25) is 0 Å². The molecule has 0 spiro atoms. The Bertz CT molecular complexity index is 1010. The van der Waals surface area contributed by atoms with Crippen molar-refractivity contribution in [3.8, 4) is 11.5 Å². The monoisotopic (exact) mass is 360 g/mol. The molecule has 0 unspecified atom stereocenters. The highest BCUT2D eigenvalue weighted by Crippen LogP contribution is 2.47. The molecule has 0 radical (unpaired) electrons. The number of para-hydroxylation sites is 1. The number of fused-ring (bicyclic) bond motifs is 3. The van der Waals surface area contributed by atoms with Crippen LogP contribution in [0.1, 0.15) is 41.3 Å². The molecule has 0 saturated heterocycles. The summed E-state index contributed by atoms with van der Waals surface area (Å²) in [5.41, 5.74) is 3.29. The highest BCUT2D eigenvalue weighted by Gasteiger charge is 2.42. The van der Waals surface area contributed by atoms with Crippen molar-refractivity contribution in [2.24, 2.45) is 5.10 Å². The van der Waals surface area contributed by atoms with Crippen molar-refractivity contribution in [3.63, 3.8) is 0 Å². The maximum absolute atomic E-state index is 6.27. The first kappa shape index (κ1) is 16.0. The Hall–Kier alpha value is -3.21. The predicted octanol–water partition coefficient (Wildman–Crippen LogP) is 4.84. The van der Waals surface area contributed by atoms with E-state index in [1.54, 1.807) is 7.11 Å². The van der Waals surface area contributed by atoms with E-state index in [1.807, 2.05) is 54.4 Å². The predicted molar refractivity (Wildman–Crippen MR) is 102 cm³/mol. The van der Waals surface area contributed by atoms with Gasteiger partial charge in [0.25, 0.3) is 0 Å². The number of hydrazone groups is 1. The van der Waals surface area contributed by atoms with Crippen LogP contribution in [0.3, 0.4) is 0 Å². The minimum absolute atomic E-state index is 0.127. The normalized spacial score (nSPS) is 20.5. The van der Waals surface area contributed by atoms with E-state index < -0.39 is 0 Å². The third-order valence-electron chi connectivity index (χ3n) is 5.13. The Morgan fingerprint density at radius 1 is 1.04 bits per heavy atom. The number of nitrogens with zero attached hydrogens (tertiary/aromatic N) is 2. The molecule has 2 aliphatic rings. The van der Waals surface area contributed by atoms with Crippen LogP contribution in [0.15, 0.2) is 70.2 Å². The number of methoxy groups -OCH3 is 1. The molecular weight excluding hydrogens is 340 g/mol. The quantitative estimate of drug-likeness (QED) is 0.671. The molecule has 27 heavy (non-hydrogen) atoms. The van der Waals surface area contributed by atoms with Gasteiger partial charge >= 0.3 is 0 Å². The average molecular weight is 360 g/mol. The molecule has 2 aliphatic heterocycles. The van der Waals surface area contributed by atoms with Gasteiger partial charge in [-0.25, -0.2) is 5.01 Å². The zero-order valence-electron chi connectivity index (χ0n) is 15.3. The van der Waals surface area contributed by atoms with E-state index in [0.29, 0.717) is 0 Å². The van der Waals surface area contributed by atoms with Gasteiger partial charge in [0.1, 0.15) is 17.3 Å². The lowest BCUT2D eigenvalue weighted by atomic mass is 9.96. The van der Waals surface area contributed by atoms with E-state index in [-0.39, 0.29) is 12.3 Å². The number of hydrogen-bond acceptors (Lipinski definition) is 5. The largest absolute Gasteiger partial charge is 0.497 e. The second-order valence-electron chi connectivity index (χ2n) is 6.83. The van der Waals surface area contributed by atoms with Crippen molar-refractivity contribution in [3.05, 3.63) is 83.3 Å². The summed E-state index contributed by atoms with van der Waals surface area (Å²) >= 11 is 0. The molecule has 0 fully saturated rings. The molecule has 5 rings (SSSR count). The van der Waals surface area contributed by atoms with E-state index in [4.69, 9.17) is 19.0 Å². The third kappa shape index (κ3) is 2.67. The van der Waals surface area contributed by atoms with E-state index in [9.17, 15) is 0 Å². The maximum Gasteiger partial charge on any atom is 0.246 e. The van der Waals surface area contributed by atoms with Crippen molar-refractivity contribution < 1.29 is 13.9 Å². The number of hydrogen-bond donors (Lipinski definition) is 0. The molecule has 0 saturated carbocycles. The second kappa shape index (κ2) is 6.20. The van der Waals surface area contributed by atoms with Gasteiger partial charge in [-0.2, -0.15) is 5.10 Å². The van der Waals surface area contributed by atoms with Crippen LogP contribution in [0.25, 0.3) is 0 Å². The highest BCUT2D eigenvalue weighted by atomic mass is 16.5. The standard InChI is InChI=1S/C22H20N2O3/c1-14-7-12-21(26-14)22-24-19(17-5-3-4-6-20(17)27-22)13-18(23-24)15-8-10-16(25-2)11-9-15/h3-12,19,22H,13H2,1-2H3/t19-,22+/m1/s1. The lowest BCUT2D eigenvalue weighted by Crippen LogP contribution is -2.33. The van der Waals surface area contributed by atoms with Crippen molar-refractivity contribution >= 4 is 5.71 Å². The van der Waals surface area contributed by atoms with Gasteiger partial charge in [-0.05, 0) is 55.0 Å². The van der Waals surface area contributed by atoms with Gasteiger partial charge in [-0.1, -0.05) is 18.2 Å². The molecular formula is C22H20N2O3. The van der Waals surface area contributed by atoms with Crippen molar-refractivity contribution in [2.75, 3.05) is 7.11 Å². The first-order chi connectivity index (χ1) is 13.2. The van der Waals surface area contributed by atoms with E-state index in [1.165, 1.54) is 0 Å². The van der Waals surface area contributed by atoms with Crippen LogP contribution >= 0.6 is 0 Å². The lowest BCUT2D eigenvalue weighted by molar-refractivity contribution is -0.0329. The molecule has 2 atom stereocenters. The topological polar surface area (TPSA) is 47.2 Å². The van der Waals surface area contributed by atoms with Gasteiger partial charge in [0.2, 0.25) is 6.23 Å². The van der Waals surface area contributed by atoms with Gasteiger partial charge < -0.3 is 13.9 Å². The highest BCUT2D eigenvalue weighted by molar-refractivity contribution is 6.02. The zero-order chi connectivity index (χ0) is 18.4. The lowest BCUT2D eigenvalue weighted by Gasteiger charge is -2.36. The van der Waals surface area contributed by atoms with E-state index in [0.717, 1.165) is 46.3 Å². The van der Waals surface area contributed by atoms with Crippen molar-refractivity contribution in [1.82, 2.24) is 5.01 Å². The summed E-state index contributed by atoms with van der Waals surface area (Å²) in [5.74, 6) is 3.37. The molecule has 2 aromatic carbocycles. The molecule has 0 aliphatic carbocycles. The molecule has 0 bridgehead atoms. The Kier molecular flexibility index (Phi) is 3.67. The average Bonchev–Trinajstić information content (AvgIpc) is 3.34. The third-order valence-corrected chi connectivity index (χ3v) is 5.13. The van der Waals surface area contributed by atoms with E-state index >= 15 is 0 Å². The summed E-state index contributed by atoms with van der Waals surface area (Å²) in [5, 5.41) is 6.95. The van der Waals surface area contributed by atoms with Gasteiger partial charge in [-0.15, -0.1) is 0 Å². The van der Waals surface area contributed by atoms with Crippen LogP contribution < -0.4 is 9.47 Å². The molecule has 136 valence electrons. The maximum atomic E-state index is 6.27. The fraction of sp³-hybridized carbons (Fsp3) is 0.227. The molecule has 1 aromatic heterocycles. The molecule has 0 amide bonds. The summed E-state index contributed by atoms with van der Waals surface area (Å²) in [6.07, 6.45) is 0.456.